The van der Waals surface area contributed by atoms with Crippen LogP contribution in [0, 0.1) is 0 Å². The van der Waals surface area contributed by atoms with Gasteiger partial charge in [0.2, 0.25) is 5.95 Å². The van der Waals surface area contributed by atoms with E-state index >= 15 is 0 Å². The number of benzene rings is 1. The van der Waals surface area contributed by atoms with Crippen molar-refractivity contribution in [1.82, 2.24) is 9.97 Å². The lowest BCUT2D eigenvalue weighted by atomic mass is 10.3. The number of ether oxygens (including phenoxy) is 3. The molecule has 1 aromatic heterocycles. The first-order valence-electron chi connectivity index (χ1n) is 6.07. The average Bonchev–Trinajstić information content (AvgIpc) is 2.54. The third kappa shape index (κ3) is 3.38. The second kappa shape index (κ2) is 6.56. The molecule has 0 aliphatic heterocycles. The van der Waals surface area contributed by atoms with Crippen molar-refractivity contribution in [3.05, 3.63) is 36.2 Å². The lowest BCUT2D eigenvalue weighted by Gasteiger charge is -2.10. The third-order valence-electron chi connectivity index (χ3n) is 2.71. The molecule has 7 heteroatoms. The van der Waals surface area contributed by atoms with Gasteiger partial charge in [0.1, 0.15) is 0 Å². The Bertz CT molecular complexity index is 629. The van der Waals surface area contributed by atoms with Crippen LogP contribution in [-0.4, -0.2) is 37.3 Å². The fourth-order valence-electron chi connectivity index (χ4n) is 1.66. The van der Waals surface area contributed by atoms with E-state index in [0.29, 0.717) is 17.4 Å². The molecule has 1 aromatic carbocycles. The topological polar surface area (TPSA) is 82.6 Å². The summed E-state index contributed by atoms with van der Waals surface area (Å²) in [6.45, 7) is 0. The fraction of sp³-hybridized carbons (Fsp3) is 0.214. The molecule has 0 spiro atoms. The Kier molecular flexibility index (Phi) is 4.55. The van der Waals surface area contributed by atoms with Gasteiger partial charge >= 0.3 is 5.97 Å². The van der Waals surface area contributed by atoms with E-state index in [2.05, 4.69) is 20.0 Å². The van der Waals surface area contributed by atoms with Crippen LogP contribution in [0.2, 0.25) is 0 Å². The van der Waals surface area contributed by atoms with Crippen LogP contribution in [-0.2, 0) is 4.74 Å². The van der Waals surface area contributed by atoms with E-state index in [1.165, 1.54) is 19.5 Å². The number of nitrogens with zero attached hydrogens (tertiary/aromatic N) is 2. The Morgan fingerprint density at radius 3 is 2.29 bits per heavy atom. The number of esters is 1. The van der Waals surface area contributed by atoms with Gasteiger partial charge in [0.25, 0.3) is 0 Å². The lowest BCUT2D eigenvalue weighted by molar-refractivity contribution is 0.0600. The monoisotopic (exact) mass is 289 g/mol. The highest BCUT2D eigenvalue weighted by Gasteiger charge is 2.08. The maximum Gasteiger partial charge on any atom is 0.341 e. The normalized spacial score (nSPS) is 9.86. The highest BCUT2D eigenvalue weighted by Crippen LogP contribution is 2.30. The molecular formula is C14H15N3O4. The van der Waals surface area contributed by atoms with E-state index in [9.17, 15) is 4.79 Å². The number of aromatic nitrogens is 2. The molecule has 2 aromatic rings. The van der Waals surface area contributed by atoms with Gasteiger partial charge in [-0.25, -0.2) is 14.8 Å². The minimum atomic E-state index is -0.479. The highest BCUT2D eigenvalue weighted by molar-refractivity contribution is 5.88. The summed E-state index contributed by atoms with van der Waals surface area (Å²) in [5.41, 5.74) is 1.02. The number of anilines is 2. The van der Waals surface area contributed by atoms with Gasteiger partial charge in [-0.2, -0.15) is 0 Å². The van der Waals surface area contributed by atoms with Crippen molar-refractivity contribution in [2.45, 2.75) is 0 Å². The average molecular weight is 289 g/mol. The fourth-order valence-corrected chi connectivity index (χ4v) is 1.66. The molecule has 0 aliphatic carbocycles. The van der Waals surface area contributed by atoms with Gasteiger partial charge in [0, 0.05) is 24.1 Å². The summed E-state index contributed by atoms with van der Waals surface area (Å²) in [7, 11) is 4.43. The van der Waals surface area contributed by atoms with Crippen molar-refractivity contribution in [1.29, 1.82) is 0 Å². The maximum atomic E-state index is 11.3. The first kappa shape index (κ1) is 14.6. The van der Waals surface area contributed by atoms with Crippen molar-refractivity contribution in [2.24, 2.45) is 0 Å². The second-order valence-corrected chi connectivity index (χ2v) is 3.98. The van der Waals surface area contributed by atoms with E-state index in [1.807, 2.05) is 0 Å². The minimum absolute atomic E-state index is 0.287. The molecule has 110 valence electrons. The van der Waals surface area contributed by atoms with Crippen LogP contribution in [0.5, 0.6) is 11.5 Å². The Morgan fingerprint density at radius 1 is 1.05 bits per heavy atom. The Morgan fingerprint density at radius 2 is 1.71 bits per heavy atom. The summed E-state index contributed by atoms with van der Waals surface area (Å²) in [6.07, 6.45) is 2.78. The number of carbonyl (C=O) groups is 1. The van der Waals surface area contributed by atoms with Crippen LogP contribution in [0.25, 0.3) is 0 Å². The summed E-state index contributed by atoms with van der Waals surface area (Å²) in [4.78, 5) is 19.4. The zero-order valence-electron chi connectivity index (χ0n) is 11.9. The van der Waals surface area contributed by atoms with Gasteiger partial charge in [-0.1, -0.05) is 0 Å². The van der Waals surface area contributed by atoms with Crippen molar-refractivity contribution >= 4 is 17.6 Å². The molecule has 21 heavy (non-hydrogen) atoms. The Hall–Kier alpha value is -2.83. The summed E-state index contributed by atoms with van der Waals surface area (Å²) in [5.74, 6) is 1.10. The third-order valence-corrected chi connectivity index (χ3v) is 2.71. The first-order valence-corrected chi connectivity index (χ1v) is 6.07. The molecule has 1 N–H and O–H groups in total. The molecule has 0 radical (unpaired) electrons. The predicted octanol–water partition coefficient (Wildman–Crippen LogP) is 2.02. The Balaban J connectivity index is 2.16. The molecule has 7 nitrogen and oxygen atoms in total. The van der Waals surface area contributed by atoms with E-state index in [0.717, 1.165) is 5.69 Å². The van der Waals surface area contributed by atoms with E-state index in [1.54, 1.807) is 32.4 Å². The first-order chi connectivity index (χ1) is 10.2. The van der Waals surface area contributed by atoms with Crippen LogP contribution in [0.3, 0.4) is 0 Å². The summed E-state index contributed by atoms with van der Waals surface area (Å²) >= 11 is 0. The van der Waals surface area contributed by atoms with Crippen LogP contribution >= 0.6 is 0 Å². The number of hydrogen-bond acceptors (Lipinski definition) is 7. The van der Waals surface area contributed by atoms with E-state index < -0.39 is 5.97 Å². The summed E-state index contributed by atoms with van der Waals surface area (Å²) in [5, 5.41) is 3.00. The zero-order valence-corrected chi connectivity index (χ0v) is 11.9. The van der Waals surface area contributed by atoms with Gasteiger partial charge in [-0.3, -0.25) is 0 Å². The quantitative estimate of drug-likeness (QED) is 0.843. The molecule has 2 rings (SSSR count). The molecular weight excluding hydrogens is 274 g/mol. The predicted molar refractivity (Wildman–Crippen MR) is 76.2 cm³/mol. The smallest absolute Gasteiger partial charge is 0.341 e. The van der Waals surface area contributed by atoms with Crippen molar-refractivity contribution in [2.75, 3.05) is 26.6 Å². The SMILES string of the molecule is COC(=O)c1cnc(Nc2ccc(OC)c(OC)c2)nc1. The second-order valence-electron chi connectivity index (χ2n) is 3.98. The van der Waals surface area contributed by atoms with Gasteiger partial charge < -0.3 is 19.5 Å². The lowest BCUT2D eigenvalue weighted by Crippen LogP contribution is -2.04. The van der Waals surface area contributed by atoms with Crippen molar-refractivity contribution < 1.29 is 19.0 Å². The Labute approximate surface area is 121 Å². The largest absolute Gasteiger partial charge is 0.493 e. The molecule has 0 saturated heterocycles. The van der Waals surface area contributed by atoms with Crippen LogP contribution in [0.15, 0.2) is 30.6 Å². The highest BCUT2D eigenvalue weighted by atomic mass is 16.5. The molecule has 0 unspecified atom stereocenters. The summed E-state index contributed by atoms with van der Waals surface area (Å²) < 4.78 is 15.0. The number of carbonyl (C=O) groups excluding carboxylic acids is 1. The van der Waals surface area contributed by atoms with Crippen LogP contribution in [0.4, 0.5) is 11.6 Å². The summed E-state index contributed by atoms with van der Waals surface area (Å²) in [6, 6.07) is 5.33. The maximum absolute atomic E-state index is 11.3. The molecule has 0 amide bonds. The van der Waals surface area contributed by atoms with Gasteiger partial charge in [-0.15, -0.1) is 0 Å². The number of hydrogen-bond donors (Lipinski definition) is 1. The molecule has 0 fully saturated rings. The standard InChI is InChI=1S/C14H15N3O4/c1-19-11-5-4-10(6-12(11)20-2)17-14-15-7-9(8-16-14)13(18)21-3/h4-8H,1-3H3,(H,15,16,17). The molecule has 0 bridgehead atoms. The number of rotatable bonds is 5. The molecule has 1 heterocycles. The van der Waals surface area contributed by atoms with E-state index in [-0.39, 0.29) is 5.56 Å². The number of methoxy groups -OCH3 is 3. The van der Waals surface area contributed by atoms with Gasteiger partial charge in [0.05, 0.1) is 26.9 Å². The van der Waals surface area contributed by atoms with E-state index in [4.69, 9.17) is 9.47 Å². The zero-order chi connectivity index (χ0) is 15.2. The molecule has 0 atom stereocenters. The molecule has 0 aliphatic rings. The van der Waals surface area contributed by atoms with Gasteiger partial charge in [0.15, 0.2) is 11.5 Å². The minimum Gasteiger partial charge on any atom is -0.493 e. The van der Waals surface area contributed by atoms with Crippen LogP contribution < -0.4 is 14.8 Å². The van der Waals surface area contributed by atoms with Crippen LogP contribution in [0.1, 0.15) is 10.4 Å². The molecule has 0 saturated carbocycles. The number of nitrogens with one attached hydrogen (secondary N) is 1. The van der Waals surface area contributed by atoms with Crippen molar-refractivity contribution in [3.63, 3.8) is 0 Å². The van der Waals surface area contributed by atoms with Gasteiger partial charge in [-0.05, 0) is 12.1 Å². The van der Waals surface area contributed by atoms with Crippen molar-refractivity contribution in [3.8, 4) is 11.5 Å².